The molecule has 0 aliphatic heterocycles. The van der Waals surface area contributed by atoms with Crippen molar-refractivity contribution in [2.45, 2.75) is 70.3 Å². The number of amides is 4. The number of aliphatic hydroxyl groups excluding tert-OH is 1. The van der Waals surface area contributed by atoms with E-state index in [0.29, 0.717) is 5.52 Å². The number of aromatic nitrogens is 5. The zero-order valence-electron chi connectivity index (χ0n) is 25.5. The number of primary amides is 1. The molecule has 14 nitrogen and oxygen atoms in total. The molecule has 0 bridgehead atoms. The van der Waals surface area contributed by atoms with Gasteiger partial charge in [0.2, 0.25) is 17.7 Å². The van der Waals surface area contributed by atoms with Gasteiger partial charge in [-0.15, -0.1) is 5.10 Å². The van der Waals surface area contributed by atoms with Gasteiger partial charge in [-0.25, -0.2) is 9.67 Å². The van der Waals surface area contributed by atoms with E-state index in [1.165, 1.54) is 10.7 Å². The summed E-state index contributed by atoms with van der Waals surface area (Å²) in [6.45, 7) is 7.07. The molecule has 0 spiro atoms. The second-order valence-corrected chi connectivity index (χ2v) is 11.7. The Hall–Kier alpha value is -5.24. The molecule has 4 rings (SSSR count). The zero-order chi connectivity index (χ0) is 32.7. The molecule has 4 atom stereocenters. The van der Waals surface area contributed by atoms with Crippen LogP contribution in [0.3, 0.4) is 0 Å². The first-order valence-corrected chi connectivity index (χ1v) is 14.4. The molecule has 6 N–H and O–H groups in total. The molecule has 2 aromatic heterocycles. The van der Waals surface area contributed by atoms with Crippen LogP contribution >= 0.6 is 0 Å². The summed E-state index contributed by atoms with van der Waals surface area (Å²) in [4.78, 5) is 56.0. The third-order valence-corrected chi connectivity index (χ3v) is 6.89. The minimum Gasteiger partial charge on any atom is -0.383 e. The Morgan fingerprint density at radius 1 is 0.933 bits per heavy atom. The van der Waals surface area contributed by atoms with E-state index in [2.05, 4.69) is 36.5 Å². The number of aliphatic hydroxyl groups is 1. The Morgan fingerprint density at radius 3 is 2.31 bits per heavy atom. The van der Waals surface area contributed by atoms with Crippen LogP contribution in [0, 0.1) is 0 Å². The van der Waals surface area contributed by atoms with Crippen molar-refractivity contribution in [1.29, 1.82) is 0 Å². The number of tetrazole rings is 1. The molecule has 236 valence electrons. The van der Waals surface area contributed by atoms with Crippen LogP contribution in [0.4, 0.5) is 0 Å². The fraction of sp³-hybridized carbons (Fsp3) is 0.355. The first-order chi connectivity index (χ1) is 21.3. The van der Waals surface area contributed by atoms with E-state index in [4.69, 9.17) is 5.73 Å². The number of hydrogen-bond acceptors (Lipinski definition) is 9. The maximum atomic E-state index is 13.6. The molecule has 4 aromatic rings. The summed E-state index contributed by atoms with van der Waals surface area (Å²) in [5.74, 6) is -2.74. The highest BCUT2D eigenvalue weighted by molar-refractivity contribution is 5.99. The maximum Gasteiger partial charge on any atom is 0.270 e. The lowest BCUT2D eigenvalue weighted by Crippen LogP contribution is -2.53. The third kappa shape index (κ3) is 8.66. The molecular weight excluding hydrogens is 578 g/mol. The van der Waals surface area contributed by atoms with E-state index < -0.39 is 53.9 Å². The van der Waals surface area contributed by atoms with Gasteiger partial charge in [0.25, 0.3) is 5.91 Å². The van der Waals surface area contributed by atoms with Crippen LogP contribution in [0.1, 0.15) is 68.1 Å². The van der Waals surface area contributed by atoms with Crippen LogP contribution in [0.25, 0.3) is 10.9 Å². The van der Waals surface area contributed by atoms with Crippen LogP contribution in [0.5, 0.6) is 0 Å². The summed E-state index contributed by atoms with van der Waals surface area (Å²) in [5.41, 5.74) is 6.29. The zero-order valence-corrected chi connectivity index (χ0v) is 25.5. The number of benzene rings is 2. The lowest BCUT2D eigenvalue weighted by atomic mass is 9.99. The number of para-hydroxylation sites is 1. The fourth-order valence-corrected chi connectivity index (χ4v) is 4.66. The predicted molar refractivity (Wildman–Crippen MR) is 164 cm³/mol. The Kier molecular flexibility index (Phi) is 10.2. The maximum absolute atomic E-state index is 13.6. The van der Waals surface area contributed by atoms with E-state index in [-0.39, 0.29) is 23.8 Å². The van der Waals surface area contributed by atoms with E-state index >= 15 is 0 Å². The van der Waals surface area contributed by atoms with Crippen LogP contribution < -0.4 is 21.7 Å². The summed E-state index contributed by atoms with van der Waals surface area (Å²) >= 11 is 0. The van der Waals surface area contributed by atoms with Gasteiger partial charge in [-0.2, -0.15) is 0 Å². The highest BCUT2D eigenvalue weighted by Crippen LogP contribution is 2.21. The minimum atomic E-state index is -1.50. The van der Waals surface area contributed by atoms with Gasteiger partial charge in [0, 0.05) is 10.9 Å². The Labute approximate surface area is 259 Å². The quantitative estimate of drug-likeness (QED) is 0.155. The second kappa shape index (κ2) is 14.0. The standard InChI is InChI=1S/C31H37N9O5/c1-18(28(43)36-31(2,3)4)40-27(37-38-39-40)26(42)23(16-19-10-6-5-7-11-19)34-30(45)24(17-25(32)41)35-29(44)22-15-14-20-12-8-9-13-21(20)33-22/h5-15,18,23-24,26,42H,16-17H2,1-4H3,(H2,32,41)(H,34,45)(H,35,44)(H,36,43)/t18-,23+,24+,26-/m1/s1. The molecule has 0 radical (unpaired) electrons. The number of fused-ring (bicyclic) bond motifs is 1. The normalized spacial score (nSPS) is 14.2. The average molecular weight is 616 g/mol. The highest BCUT2D eigenvalue weighted by Gasteiger charge is 2.34. The van der Waals surface area contributed by atoms with Gasteiger partial charge in [0.15, 0.2) is 5.82 Å². The van der Waals surface area contributed by atoms with Crippen molar-refractivity contribution in [3.05, 3.63) is 83.8 Å². The molecule has 45 heavy (non-hydrogen) atoms. The number of nitrogens with zero attached hydrogens (tertiary/aromatic N) is 5. The SMILES string of the molecule is C[C@H](C(=O)NC(C)(C)C)n1nnnc1[C@H](O)[C@H](Cc1ccccc1)NC(=O)[C@H](CC(N)=O)NC(=O)c1ccc2ccccc2n1. The molecule has 14 heteroatoms. The van der Waals surface area contributed by atoms with E-state index in [0.717, 1.165) is 10.9 Å². The molecular formula is C31H37N9O5. The van der Waals surface area contributed by atoms with Gasteiger partial charge in [0.1, 0.15) is 23.9 Å². The van der Waals surface area contributed by atoms with Gasteiger partial charge >= 0.3 is 0 Å². The number of pyridine rings is 1. The molecule has 0 aliphatic rings. The van der Waals surface area contributed by atoms with E-state index in [1.807, 2.05) is 51.1 Å². The van der Waals surface area contributed by atoms with Gasteiger partial charge in [-0.05, 0) is 62.2 Å². The molecule has 4 amide bonds. The summed E-state index contributed by atoms with van der Waals surface area (Å²) < 4.78 is 1.18. The molecule has 0 aliphatic carbocycles. The van der Waals surface area contributed by atoms with E-state index in [9.17, 15) is 24.3 Å². The van der Waals surface area contributed by atoms with Crippen molar-refractivity contribution in [1.82, 2.24) is 41.1 Å². The number of hydrogen-bond donors (Lipinski definition) is 5. The Bertz CT molecular complexity index is 1670. The average Bonchev–Trinajstić information content (AvgIpc) is 3.48. The monoisotopic (exact) mass is 615 g/mol. The number of nitrogens with two attached hydrogens (primary N) is 1. The lowest BCUT2D eigenvalue weighted by Gasteiger charge is -2.27. The number of nitrogens with one attached hydrogen (secondary N) is 3. The fourth-order valence-electron chi connectivity index (χ4n) is 4.66. The summed E-state index contributed by atoms with van der Waals surface area (Å²) in [5, 5.41) is 32.1. The number of carbonyl (C=O) groups excluding carboxylic acids is 4. The molecule has 0 unspecified atom stereocenters. The molecule has 0 saturated carbocycles. The molecule has 0 fully saturated rings. The van der Waals surface area contributed by atoms with E-state index in [1.54, 1.807) is 37.3 Å². The van der Waals surface area contributed by atoms with Crippen molar-refractivity contribution in [3.8, 4) is 0 Å². The van der Waals surface area contributed by atoms with Crippen molar-refractivity contribution in [2.24, 2.45) is 5.73 Å². The molecule has 2 heterocycles. The molecule has 2 aromatic carbocycles. The Morgan fingerprint density at radius 2 is 1.62 bits per heavy atom. The summed E-state index contributed by atoms with van der Waals surface area (Å²) in [7, 11) is 0. The largest absolute Gasteiger partial charge is 0.383 e. The highest BCUT2D eigenvalue weighted by atomic mass is 16.3. The molecule has 0 saturated heterocycles. The predicted octanol–water partition coefficient (Wildman–Crippen LogP) is 1.13. The van der Waals surface area contributed by atoms with Gasteiger partial charge in [-0.1, -0.05) is 54.6 Å². The van der Waals surface area contributed by atoms with Crippen molar-refractivity contribution in [3.63, 3.8) is 0 Å². The minimum absolute atomic E-state index is 0.0403. The van der Waals surface area contributed by atoms with Crippen molar-refractivity contribution >= 4 is 34.5 Å². The van der Waals surface area contributed by atoms with Crippen LogP contribution in [-0.4, -0.2) is 71.5 Å². The third-order valence-electron chi connectivity index (χ3n) is 6.89. The summed E-state index contributed by atoms with van der Waals surface area (Å²) in [6, 6.07) is 16.2. The number of rotatable bonds is 12. The number of carbonyl (C=O) groups is 4. The van der Waals surface area contributed by atoms with Crippen molar-refractivity contribution < 1.29 is 24.3 Å². The lowest BCUT2D eigenvalue weighted by molar-refractivity contribution is -0.128. The first kappa shape index (κ1) is 32.7. The van der Waals surface area contributed by atoms with Crippen LogP contribution in [0.15, 0.2) is 66.7 Å². The Balaban J connectivity index is 1.59. The smallest absolute Gasteiger partial charge is 0.270 e. The van der Waals surface area contributed by atoms with Gasteiger partial charge in [0.05, 0.1) is 18.0 Å². The van der Waals surface area contributed by atoms with Crippen molar-refractivity contribution in [2.75, 3.05) is 0 Å². The first-order valence-electron chi connectivity index (χ1n) is 14.4. The van der Waals surface area contributed by atoms with Gasteiger partial charge in [-0.3, -0.25) is 19.2 Å². The topological polar surface area (TPSA) is 207 Å². The second-order valence-electron chi connectivity index (χ2n) is 11.7. The van der Waals surface area contributed by atoms with Gasteiger partial charge < -0.3 is 26.8 Å². The summed E-state index contributed by atoms with van der Waals surface area (Å²) in [6.07, 6.45) is -1.89. The van der Waals surface area contributed by atoms with Crippen LogP contribution in [-0.2, 0) is 20.8 Å². The van der Waals surface area contributed by atoms with Crippen LogP contribution in [0.2, 0.25) is 0 Å².